The lowest BCUT2D eigenvalue weighted by molar-refractivity contribution is -0.00255. The summed E-state index contributed by atoms with van der Waals surface area (Å²) in [5.74, 6) is 1.93. The standard InChI is InChI=1S/C21H41N5O.HI/c1-4-22-20(23-17-21(25(2)3)10-13-27-14-11-21)24-19-9-12-26(16-19)15-18-7-5-6-8-18;/h18-19H,4-17H2,1-3H3,(H2,22,23,24);1H. The number of nitrogens with one attached hydrogen (secondary N) is 2. The third kappa shape index (κ3) is 6.71. The molecule has 0 aromatic carbocycles. The van der Waals surface area contributed by atoms with Crippen LogP contribution in [0.1, 0.15) is 51.9 Å². The van der Waals surface area contributed by atoms with Gasteiger partial charge in [0.1, 0.15) is 0 Å². The minimum Gasteiger partial charge on any atom is -0.381 e. The number of hydrogen-bond donors (Lipinski definition) is 2. The molecule has 0 aromatic rings. The summed E-state index contributed by atoms with van der Waals surface area (Å²) in [4.78, 5) is 10.0. The third-order valence-electron chi connectivity index (χ3n) is 6.85. The summed E-state index contributed by atoms with van der Waals surface area (Å²) in [5.41, 5.74) is 0.130. The van der Waals surface area contributed by atoms with Crippen molar-refractivity contribution in [1.29, 1.82) is 0 Å². The Balaban J connectivity index is 0.00000280. The van der Waals surface area contributed by atoms with Crippen molar-refractivity contribution in [3.8, 4) is 0 Å². The van der Waals surface area contributed by atoms with Crippen molar-refractivity contribution in [3.63, 3.8) is 0 Å². The van der Waals surface area contributed by atoms with Crippen LogP contribution >= 0.6 is 24.0 Å². The summed E-state index contributed by atoms with van der Waals surface area (Å²) < 4.78 is 5.59. The monoisotopic (exact) mass is 507 g/mol. The summed E-state index contributed by atoms with van der Waals surface area (Å²) in [6.07, 6.45) is 9.10. The topological polar surface area (TPSA) is 52.1 Å². The van der Waals surface area contributed by atoms with Crippen LogP contribution < -0.4 is 10.6 Å². The van der Waals surface area contributed by atoms with E-state index in [-0.39, 0.29) is 29.5 Å². The first-order valence-electron chi connectivity index (χ1n) is 11.1. The minimum atomic E-state index is 0. The van der Waals surface area contributed by atoms with E-state index in [1.54, 1.807) is 0 Å². The number of likely N-dealkylation sites (N-methyl/N-ethyl adjacent to an activating group) is 1. The predicted molar refractivity (Wildman–Crippen MR) is 128 cm³/mol. The summed E-state index contributed by atoms with van der Waals surface area (Å²) in [5, 5.41) is 7.18. The molecule has 0 aromatic heterocycles. The zero-order valence-corrected chi connectivity index (χ0v) is 20.5. The van der Waals surface area contributed by atoms with E-state index in [0.29, 0.717) is 6.04 Å². The number of aliphatic imine (C=N–C) groups is 1. The van der Waals surface area contributed by atoms with Crippen LogP contribution in [0.4, 0.5) is 0 Å². The molecule has 2 aliphatic heterocycles. The number of ether oxygens (including phenoxy) is 1. The molecule has 28 heavy (non-hydrogen) atoms. The van der Waals surface area contributed by atoms with Gasteiger partial charge < -0.3 is 25.2 Å². The molecule has 1 unspecified atom stereocenters. The van der Waals surface area contributed by atoms with Gasteiger partial charge in [0.25, 0.3) is 0 Å². The Hall–Kier alpha value is -0.120. The van der Waals surface area contributed by atoms with E-state index in [9.17, 15) is 0 Å². The first-order chi connectivity index (χ1) is 13.1. The average Bonchev–Trinajstić information content (AvgIpc) is 3.33. The van der Waals surface area contributed by atoms with Crippen molar-refractivity contribution in [3.05, 3.63) is 0 Å². The molecule has 2 N–H and O–H groups in total. The van der Waals surface area contributed by atoms with Gasteiger partial charge >= 0.3 is 0 Å². The largest absolute Gasteiger partial charge is 0.381 e. The van der Waals surface area contributed by atoms with Gasteiger partial charge in [-0.2, -0.15) is 0 Å². The Bertz CT molecular complexity index is 475. The quantitative estimate of drug-likeness (QED) is 0.315. The van der Waals surface area contributed by atoms with Gasteiger partial charge in [0.05, 0.1) is 6.54 Å². The Kier molecular flexibility index (Phi) is 10.3. The normalized spacial score (nSPS) is 26.4. The molecule has 0 radical (unpaired) electrons. The summed E-state index contributed by atoms with van der Waals surface area (Å²) in [6.45, 7) is 9.26. The van der Waals surface area contributed by atoms with Crippen LogP contribution in [0, 0.1) is 5.92 Å². The highest BCUT2D eigenvalue weighted by molar-refractivity contribution is 14.0. The molecule has 0 bridgehead atoms. The summed E-state index contributed by atoms with van der Waals surface area (Å²) in [6, 6.07) is 0.522. The van der Waals surface area contributed by atoms with Gasteiger partial charge in [-0.3, -0.25) is 4.99 Å². The number of likely N-dealkylation sites (tertiary alicyclic amines) is 1. The van der Waals surface area contributed by atoms with Gasteiger partial charge in [-0.05, 0) is 59.0 Å². The highest BCUT2D eigenvalue weighted by atomic mass is 127. The van der Waals surface area contributed by atoms with Crippen LogP contribution in [0.25, 0.3) is 0 Å². The van der Waals surface area contributed by atoms with E-state index in [1.807, 2.05) is 0 Å². The minimum absolute atomic E-state index is 0. The fraction of sp³-hybridized carbons (Fsp3) is 0.952. The van der Waals surface area contributed by atoms with E-state index < -0.39 is 0 Å². The summed E-state index contributed by atoms with van der Waals surface area (Å²) in [7, 11) is 4.36. The molecule has 2 saturated heterocycles. The molecular formula is C21H42IN5O. The second kappa shape index (κ2) is 11.9. The fourth-order valence-corrected chi connectivity index (χ4v) is 4.91. The Morgan fingerprint density at radius 2 is 1.89 bits per heavy atom. The van der Waals surface area contributed by atoms with E-state index in [4.69, 9.17) is 9.73 Å². The lowest BCUT2D eigenvalue weighted by Gasteiger charge is -2.41. The zero-order chi connectivity index (χ0) is 19.1. The lowest BCUT2D eigenvalue weighted by Crippen LogP contribution is -2.52. The van der Waals surface area contributed by atoms with Crippen LogP contribution in [0.15, 0.2) is 4.99 Å². The van der Waals surface area contributed by atoms with E-state index in [1.165, 1.54) is 45.2 Å². The van der Waals surface area contributed by atoms with E-state index in [2.05, 4.69) is 41.5 Å². The highest BCUT2D eigenvalue weighted by Gasteiger charge is 2.35. The van der Waals surface area contributed by atoms with Crippen LogP contribution in [-0.4, -0.2) is 87.4 Å². The molecule has 3 aliphatic rings. The highest BCUT2D eigenvalue weighted by Crippen LogP contribution is 2.27. The maximum Gasteiger partial charge on any atom is 0.191 e. The maximum absolute atomic E-state index is 5.59. The van der Waals surface area contributed by atoms with Gasteiger partial charge in [0.15, 0.2) is 5.96 Å². The summed E-state index contributed by atoms with van der Waals surface area (Å²) >= 11 is 0. The molecule has 164 valence electrons. The van der Waals surface area contributed by atoms with Crippen LogP contribution in [0.2, 0.25) is 0 Å². The number of rotatable bonds is 7. The Morgan fingerprint density at radius 1 is 1.18 bits per heavy atom. The molecule has 1 aliphatic carbocycles. The SMILES string of the molecule is CCNC(=NCC1(N(C)C)CCOCC1)NC1CCN(CC2CCCC2)C1.I. The molecule has 1 atom stereocenters. The second-order valence-electron chi connectivity index (χ2n) is 8.97. The van der Waals surface area contributed by atoms with Crippen molar-refractivity contribution < 1.29 is 4.74 Å². The predicted octanol–water partition coefficient (Wildman–Crippen LogP) is 2.53. The van der Waals surface area contributed by atoms with Crippen molar-refractivity contribution in [1.82, 2.24) is 20.4 Å². The maximum atomic E-state index is 5.59. The molecule has 7 heteroatoms. The first-order valence-corrected chi connectivity index (χ1v) is 11.1. The Labute approximate surface area is 189 Å². The number of guanidine groups is 1. The third-order valence-corrected chi connectivity index (χ3v) is 6.85. The van der Waals surface area contributed by atoms with E-state index >= 15 is 0 Å². The zero-order valence-electron chi connectivity index (χ0n) is 18.2. The molecule has 0 spiro atoms. The Morgan fingerprint density at radius 3 is 2.54 bits per heavy atom. The number of hydrogen-bond acceptors (Lipinski definition) is 4. The van der Waals surface area contributed by atoms with Gasteiger partial charge in [-0.25, -0.2) is 0 Å². The molecule has 6 nitrogen and oxygen atoms in total. The smallest absolute Gasteiger partial charge is 0.191 e. The molecule has 3 fully saturated rings. The van der Waals surface area contributed by atoms with Gasteiger partial charge in [0.2, 0.25) is 0 Å². The van der Waals surface area contributed by atoms with Gasteiger partial charge in [0, 0.05) is 51.0 Å². The van der Waals surface area contributed by atoms with Gasteiger partial charge in [-0.15, -0.1) is 24.0 Å². The molecule has 2 heterocycles. The number of halogens is 1. The molecule has 0 amide bonds. The van der Waals surface area contributed by atoms with Crippen molar-refractivity contribution >= 4 is 29.9 Å². The van der Waals surface area contributed by atoms with Crippen LogP contribution in [0.5, 0.6) is 0 Å². The van der Waals surface area contributed by atoms with Crippen molar-refractivity contribution in [2.45, 2.75) is 63.5 Å². The van der Waals surface area contributed by atoms with Crippen molar-refractivity contribution in [2.24, 2.45) is 10.9 Å². The van der Waals surface area contributed by atoms with E-state index in [0.717, 1.165) is 57.6 Å². The first kappa shape index (κ1) is 24.2. The lowest BCUT2D eigenvalue weighted by atomic mass is 9.89. The molecule has 3 rings (SSSR count). The molecular weight excluding hydrogens is 465 g/mol. The van der Waals surface area contributed by atoms with Gasteiger partial charge in [-0.1, -0.05) is 12.8 Å². The fourth-order valence-electron chi connectivity index (χ4n) is 4.91. The van der Waals surface area contributed by atoms with Crippen molar-refractivity contribution in [2.75, 3.05) is 60.0 Å². The average molecular weight is 508 g/mol. The van der Waals surface area contributed by atoms with Crippen LogP contribution in [0.3, 0.4) is 0 Å². The number of nitrogens with zero attached hydrogens (tertiary/aromatic N) is 3. The second-order valence-corrected chi connectivity index (χ2v) is 8.97. The molecule has 1 saturated carbocycles. The van der Waals surface area contributed by atoms with Crippen LogP contribution in [-0.2, 0) is 4.74 Å².